The number of benzene rings is 2. The van der Waals surface area contributed by atoms with Gasteiger partial charge in [0.05, 0.1) is 16.6 Å². The van der Waals surface area contributed by atoms with E-state index in [1.54, 1.807) is 36.5 Å². The number of imidazole rings is 1. The van der Waals surface area contributed by atoms with Gasteiger partial charge in [-0.3, -0.25) is 9.59 Å². The van der Waals surface area contributed by atoms with Crippen LogP contribution < -0.4 is 15.8 Å². The minimum absolute atomic E-state index is 0.0879. The first kappa shape index (κ1) is 17.9. The second-order valence-corrected chi connectivity index (χ2v) is 6.89. The molecule has 0 bridgehead atoms. The molecule has 2 aromatic carbocycles. The summed E-state index contributed by atoms with van der Waals surface area (Å²) in [4.78, 5) is 32.6. The largest absolute Gasteiger partial charge is 0.439 e. The molecule has 0 radical (unpaired) electrons. The molecule has 0 spiro atoms. The molecule has 5 rings (SSSR count). The van der Waals surface area contributed by atoms with Crippen LogP contribution in [0.3, 0.4) is 0 Å². The van der Waals surface area contributed by atoms with Gasteiger partial charge in [-0.2, -0.15) is 0 Å². The van der Waals surface area contributed by atoms with Gasteiger partial charge in [0.2, 0.25) is 11.8 Å². The van der Waals surface area contributed by atoms with Crippen LogP contribution in [0.4, 0.5) is 0 Å². The molecule has 0 fully saturated rings. The van der Waals surface area contributed by atoms with E-state index in [9.17, 15) is 9.59 Å². The minimum Gasteiger partial charge on any atom is -0.439 e. The van der Waals surface area contributed by atoms with Crippen LogP contribution in [0.2, 0.25) is 0 Å². The zero-order valence-electron chi connectivity index (χ0n) is 15.8. The summed E-state index contributed by atoms with van der Waals surface area (Å²) in [7, 11) is 0. The molecule has 0 saturated carbocycles. The molecule has 0 atom stereocenters. The molecule has 8 nitrogen and oxygen atoms in total. The molecule has 3 N–H and O–H groups in total. The van der Waals surface area contributed by atoms with Crippen LogP contribution in [-0.2, 0) is 6.54 Å². The number of carbonyl (C=O) groups is 2. The van der Waals surface area contributed by atoms with Gasteiger partial charge in [-0.15, -0.1) is 0 Å². The Morgan fingerprint density at radius 1 is 1.10 bits per heavy atom. The molecule has 3 heterocycles. The van der Waals surface area contributed by atoms with E-state index in [0.717, 1.165) is 22.4 Å². The summed E-state index contributed by atoms with van der Waals surface area (Å²) in [6.07, 6.45) is 1.69. The van der Waals surface area contributed by atoms with Crippen molar-refractivity contribution in [1.29, 1.82) is 0 Å². The normalized spacial score (nSPS) is 13.0. The van der Waals surface area contributed by atoms with Gasteiger partial charge in [-0.05, 0) is 42.5 Å². The van der Waals surface area contributed by atoms with Crippen molar-refractivity contribution >= 4 is 22.8 Å². The van der Waals surface area contributed by atoms with Gasteiger partial charge in [0, 0.05) is 36.5 Å². The van der Waals surface area contributed by atoms with Crippen LogP contribution in [0.25, 0.3) is 22.4 Å². The first-order chi connectivity index (χ1) is 14.6. The smallest absolute Gasteiger partial charge is 0.253 e. The highest BCUT2D eigenvalue weighted by atomic mass is 16.5. The number of aromatic nitrogens is 3. The molecule has 1 aliphatic rings. The van der Waals surface area contributed by atoms with Gasteiger partial charge in [0.15, 0.2) is 0 Å². The molecular weight excluding hydrogens is 382 g/mol. The van der Waals surface area contributed by atoms with Crippen LogP contribution in [-0.4, -0.2) is 32.9 Å². The molecule has 4 aromatic rings. The van der Waals surface area contributed by atoms with Crippen LogP contribution in [0.5, 0.6) is 11.6 Å². The molecule has 0 aliphatic carbocycles. The maximum absolute atomic E-state index is 12.3. The molecule has 0 unspecified atom stereocenters. The van der Waals surface area contributed by atoms with Crippen molar-refractivity contribution < 1.29 is 14.3 Å². The average Bonchev–Trinajstić information content (AvgIpc) is 3.04. The molecule has 1 aliphatic heterocycles. The fraction of sp³-hybridized carbons (Fsp3) is 0.0909. The van der Waals surface area contributed by atoms with Crippen LogP contribution in [0.1, 0.15) is 20.7 Å². The Kier molecular flexibility index (Phi) is 4.17. The predicted molar refractivity (Wildman–Crippen MR) is 110 cm³/mol. The van der Waals surface area contributed by atoms with E-state index in [4.69, 9.17) is 15.5 Å². The zero-order chi connectivity index (χ0) is 20.7. The van der Waals surface area contributed by atoms with Gasteiger partial charge in [-0.25, -0.2) is 9.97 Å². The predicted octanol–water partition coefficient (Wildman–Crippen LogP) is 2.73. The zero-order valence-corrected chi connectivity index (χ0v) is 15.8. The quantitative estimate of drug-likeness (QED) is 0.548. The van der Waals surface area contributed by atoms with Crippen LogP contribution >= 0.6 is 0 Å². The lowest BCUT2D eigenvalue weighted by Crippen LogP contribution is -2.24. The summed E-state index contributed by atoms with van der Waals surface area (Å²) in [6, 6.07) is 15.7. The highest BCUT2D eigenvalue weighted by Crippen LogP contribution is 2.29. The van der Waals surface area contributed by atoms with Crippen molar-refractivity contribution in [3.8, 4) is 23.0 Å². The van der Waals surface area contributed by atoms with Crippen LogP contribution in [0.15, 0.2) is 60.8 Å². The van der Waals surface area contributed by atoms with E-state index < -0.39 is 5.91 Å². The Balaban J connectivity index is 1.46. The minimum atomic E-state index is -0.490. The number of hydrogen-bond acceptors (Lipinski definition) is 5. The number of primary amides is 1. The number of nitrogens with one attached hydrogen (secondary N) is 1. The molecule has 2 amide bonds. The lowest BCUT2D eigenvalue weighted by molar-refractivity contribution is 0.0955. The number of rotatable bonds is 4. The lowest BCUT2D eigenvalue weighted by atomic mass is 10.2. The topological polar surface area (TPSA) is 112 Å². The molecule has 0 saturated heterocycles. The third-order valence-electron chi connectivity index (χ3n) is 4.99. The Hall–Kier alpha value is -4.20. The maximum Gasteiger partial charge on any atom is 0.253 e. The summed E-state index contributed by atoms with van der Waals surface area (Å²) in [5, 5.41) is 2.91. The van der Waals surface area contributed by atoms with E-state index in [0.29, 0.717) is 35.8 Å². The lowest BCUT2D eigenvalue weighted by Gasteiger charge is -2.08. The number of carbonyl (C=O) groups excluding carboxylic acids is 2. The third kappa shape index (κ3) is 3.04. The number of amides is 2. The molecule has 8 heteroatoms. The molecule has 30 heavy (non-hydrogen) atoms. The number of hydrogen-bond donors (Lipinski definition) is 2. The fourth-order valence-electron chi connectivity index (χ4n) is 3.56. The summed E-state index contributed by atoms with van der Waals surface area (Å²) in [6.45, 7) is 1.15. The Labute approximate surface area is 171 Å². The molecule has 148 valence electrons. The maximum atomic E-state index is 12.3. The Morgan fingerprint density at radius 3 is 2.67 bits per heavy atom. The van der Waals surface area contributed by atoms with Gasteiger partial charge in [0.1, 0.15) is 11.6 Å². The highest BCUT2D eigenvalue weighted by Gasteiger charge is 2.21. The Morgan fingerprint density at radius 2 is 1.93 bits per heavy atom. The second-order valence-electron chi connectivity index (χ2n) is 6.89. The number of pyridine rings is 1. The monoisotopic (exact) mass is 399 g/mol. The van der Waals surface area contributed by atoms with Crippen molar-refractivity contribution in [1.82, 2.24) is 19.9 Å². The summed E-state index contributed by atoms with van der Waals surface area (Å²) in [5.41, 5.74) is 8.71. The standard InChI is InChI=1S/C22H17N5O3/c23-20(28)13-4-7-15(8-5-13)30-18-9-6-14(12-25-18)21-26-17-3-1-2-16-19(17)27(21)11-10-24-22(16)29/h1-9,12H,10-11H2,(H2,23,28)(H,24,29). The van der Waals surface area contributed by atoms with Crippen molar-refractivity contribution in [2.24, 2.45) is 5.73 Å². The van der Waals surface area contributed by atoms with Crippen molar-refractivity contribution in [2.75, 3.05) is 6.54 Å². The van der Waals surface area contributed by atoms with Crippen LogP contribution in [0, 0.1) is 0 Å². The van der Waals surface area contributed by atoms with E-state index >= 15 is 0 Å². The summed E-state index contributed by atoms with van der Waals surface area (Å²) >= 11 is 0. The Bertz CT molecular complexity index is 1280. The molecular formula is C22H17N5O3. The molecule has 2 aromatic heterocycles. The van der Waals surface area contributed by atoms with Crippen molar-refractivity contribution in [3.05, 3.63) is 71.9 Å². The van der Waals surface area contributed by atoms with Gasteiger partial charge < -0.3 is 20.4 Å². The highest BCUT2D eigenvalue weighted by molar-refractivity contribution is 6.06. The van der Waals surface area contributed by atoms with Crippen molar-refractivity contribution in [3.63, 3.8) is 0 Å². The first-order valence-electron chi connectivity index (χ1n) is 9.42. The fourth-order valence-corrected chi connectivity index (χ4v) is 3.56. The SMILES string of the molecule is NC(=O)c1ccc(Oc2ccc(-c3nc4cccc5c4n3CCNC5=O)cn2)cc1. The van der Waals surface area contributed by atoms with Gasteiger partial charge >= 0.3 is 0 Å². The number of ether oxygens (including phenoxy) is 1. The number of para-hydroxylation sites is 1. The van der Waals surface area contributed by atoms with Gasteiger partial charge in [0.25, 0.3) is 5.91 Å². The average molecular weight is 399 g/mol. The van der Waals surface area contributed by atoms with E-state index in [2.05, 4.69) is 10.3 Å². The van der Waals surface area contributed by atoms with Gasteiger partial charge in [-0.1, -0.05) is 6.07 Å². The first-order valence-corrected chi connectivity index (χ1v) is 9.42. The summed E-state index contributed by atoms with van der Waals surface area (Å²) in [5.74, 6) is 1.13. The number of nitrogens with zero attached hydrogens (tertiary/aromatic N) is 3. The van der Waals surface area contributed by atoms with E-state index in [-0.39, 0.29) is 5.91 Å². The summed E-state index contributed by atoms with van der Waals surface area (Å²) < 4.78 is 7.78. The van der Waals surface area contributed by atoms with Crippen molar-refractivity contribution in [2.45, 2.75) is 6.54 Å². The number of nitrogens with two attached hydrogens (primary N) is 1. The van der Waals surface area contributed by atoms with E-state index in [1.807, 2.05) is 28.8 Å². The van der Waals surface area contributed by atoms with E-state index in [1.165, 1.54) is 0 Å². The third-order valence-corrected chi connectivity index (χ3v) is 4.99. The second kappa shape index (κ2) is 7.00.